The van der Waals surface area contributed by atoms with Crippen molar-refractivity contribution in [2.45, 2.75) is 26.2 Å². The normalized spacial score (nSPS) is 18.2. The molecule has 0 unspecified atom stereocenters. The van der Waals surface area contributed by atoms with Crippen LogP contribution in [-0.4, -0.2) is 93.5 Å². The minimum atomic E-state index is -1.22. The molecule has 0 spiro atoms. The van der Waals surface area contributed by atoms with Crippen molar-refractivity contribution in [3.05, 3.63) is 58.1 Å². The average Bonchev–Trinajstić information content (AvgIpc) is 3.46. The Morgan fingerprint density at radius 3 is 2.53 bits per heavy atom. The second-order valence-corrected chi connectivity index (χ2v) is 13.8. The monoisotopic (exact) mass is 698 g/mol. The number of aliphatic carboxylic acids is 2. The molecule has 0 aliphatic carbocycles. The molecule has 4 N–H and O–H groups in total. The molecule has 0 radical (unpaired) electrons. The summed E-state index contributed by atoms with van der Waals surface area (Å²) in [6, 6.07) is 2.24. The predicted molar refractivity (Wildman–Crippen MR) is 167 cm³/mol. The third-order valence-corrected chi connectivity index (χ3v) is 11.3. The molecular formula is C25H20Cl2N6O6S4. The maximum absolute atomic E-state index is 13.0. The van der Waals surface area contributed by atoms with Crippen LogP contribution in [0.4, 0.5) is 0 Å². The highest BCUT2D eigenvalue weighted by Gasteiger charge is 2.53. The van der Waals surface area contributed by atoms with Crippen molar-refractivity contribution in [3.63, 3.8) is 0 Å². The number of thioether (sulfide) groups is 4. The number of nitrogens with zero attached hydrogens (tertiary/aromatic N) is 4. The molecule has 18 heteroatoms. The van der Waals surface area contributed by atoms with Gasteiger partial charge in [0.25, 0.3) is 5.91 Å². The van der Waals surface area contributed by atoms with Crippen molar-refractivity contribution in [2.75, 3.05) is 23.0 Å². The van der Waals surface area contributed by atoms with Gasteiger partial charge in [-0.1, -0.05) is 35.4 Å². The fourth-order valence-electron chi connectivity index (χ4n) is 4.18. The molecule has 224 valence electrons. The highest BCUT2D eigenvalue weighted by atomic mass is 35.5. The lowest BCUT2D eigenvalue weighted by molar-refractivity contribution is -0.150. The van der Waals surface area contributed by atoms with Gasteiger partial charge in [-0.05, 0) is 17.7 Å². The fraction of sp³-hybridized carbons (Fsp3) is 0.240. The third kappa shape index (κ3) is 7.10. The molecule has 2 aromatic heterocycles. The van der Waals surface area contributed by atoms with Gasteiger partial charge in [0.15, 0.2) is 5.65 Å². The van der Waals surface area contributed by atoms with Crippen LogP contribution in [0.3, 0.4) is 0 Å². The number of hydrogen-bond acceptors (Lipinski definition) is 11. The van der Waals surface area contributed by atoms with Crippen molar-refractivity contribution in [2.24, 2.45) is 0 Å². The predicted octanol–water partition coefficient (Wildman–Crippen LogP) is 4.02. The van der Waals surface area contributed by atoms with E-state index in [0.717, 1.165) is 33.9 Å². The quantitative estimate of drug-likeness (QED) is 0.121. The largest absolute Gasteiger partial charge is 0.481 e. The highest BCUT2D eigenvalue weighted by Crippen LogP contribution is 2.41. The summed E-state index contributed by atoms with van der Waals surface area (Å²) in [5, 5.41) is 29.8. The van der Waals surface area contributed by atoms with Crippen LogP contribution in [0, 0.1) is 0 Å². The number of H-pyrrole nitrogens is 1. The molecular weight excluding hydrogens is 679 g/mol. The molecule has 3 aromatic rings. The Kier molecular flexibility index (Phi) is 10.1. The summed E-state index contributed by atoms with van der Waals surface area (Å²) >= 11 is 17.5. The Bertz CT molecular complexity index is 1680. The van der Waals surface area contributed by atoms with Crippen LogP contribution in [-0.2, 0) is 19.2 Å². The number of fused-ring (bicyclic) bond motifs is 2. The van der Waals surface area contributed by atoms with Crippen LogP contribution in [0.5, 0.6) is 0 Å². The van der Waals surface area contributed by atoms with Gasteiger partial charge in [-0.25, -0.2) is 14.8 Å². The number of hydrogen-bond donors (Lipinski definition) is 4. The Morgan fingerprint density at radius 2 is 1.84 bits per heavy atom. The van der Waals surface area contributed by atoms with Crippen LogP contribution < -0.4 is 5.32 Å². The summed E-state index contributed by atoms with van der Waals surface area (Å²) in [7, 11) is 0. The van der Waals surface area contributed by atoms with Crippen LogP contribution >= 0.6 is 70.2 Å². The SMILES string of the molecule is O=C(O)CSc1cc(Cl)c(SCC(=O)N[C@@H]2C(=O)N3C(C(=O)O)=C(/C=C/CSc4ncnc5[nH]ncc45)CS[C@H]23)cc1Cl. The van der Waals surface area contributed by atoms with Crippen LogP contribution in [0.1, 0.15) is 0 Å². The minimum absolute atomic E-state index is 0.0659. The molecule has 2 amide bonds. The molecule has 2 aliphatic heterocycles. The van der Waals surface area contributed by atoms with Gasteiger partial charge >= 0.3 is 11.9 Å². The van der Waals surface area contributed by atoms with Crippen molar-refractivity contribution in [3.8, 4) is 0 Å². The number of nitrogens with one attached hydrogen (secondary N) is 2. The zero-order valence-corrected chi connectivity index (χ0v) is 26.4. The first kappa shape index (κ1) is 31.5. The first-order valence-electron chi connectivity index (χ1n) is 12.2. The van der Waals surface area contributed by atoms with E-state index in [9.17, 15) is 24.3 Å². The Morgan fingerprint density at radius 1 is 1.12 bits per heavy atom. The molecule has 0 bridgehead atoms. The van der Waals surface area contributed by atoms with Gasteiger partial charge in [-0.3, -0.25) is 24.4 Å². The third-order valence-electron chi connectivity index (χ3n) is 6.06. The second-order valence-electron chi connectivity index (χ2n) is 8.84. The van der Waals surface area contributed by atoms with E-state index in [1.807, 2.05) is 6.08 Å². The number of carboxylic acid groups (broad SMARTS) is 2. The standard InChI is InChI=1S/C25H20Cl2N6O6S4/c26-13-5-16(42-9-18(35)36)14(27)4-15(13)41-8-17(34)31-19-23(37)33-20(25(38)39)11(7-43-24(19)33)2-1-3-40-22-12-6-30-32-21(12)28-10-29-22/h1-2,4-6,10,19,24H,3,7-9H2,(H,31,34)(H,35,36)(H,38,39)(H,28,29,30,32)/b2-1+/t19-,24-/m1/s1. The molecule has 12 nitrogen and oxygen atoms in total. The number of amides is 2. The Labute approximate surface area is 270 Å². The van der Waals surface area contributed by atoms with E-state index in [-0.39, 0.29) is 17.2 Å². The van der Waals surface area contributed by atoms with Crippen molar-refractivity contribution in [1.29, 1.82) is 0 Å². The number of carboxylic acids is 2. The molecule has 2 aliphatic rings. The van der Waals surface area contributed by atoms with E-state index in [1.165, 1.54) is 34.8 Å². The fourth-order valence-corrected chi connectivity index (χ4v) is 8.50. The van der Waals surface area contributed by atoms with E-state index in [1.54, 1.807) is 24.4 Å². The van der Waals surface area contributed by atoms with Gasteiger partial charge in [0.2, 0.25) is 5.91 Å². The highest BCUT2D eigenvalue weighted by molar-refractivity contribution is 8.01. The number of carbonyl (C=O) groups excluding carboxylic acids is 2. The van der Waals surface area contributed by atoms with E-state index in [2.05, 4.69) is 25.5 Å². The van der Waals surface area contributed by atoms with Gasteiger partial charge in [0.1, 0.15) is 28.5 Å². The first-order chi connectivity index (χ1) is 20.6. The number of benzene rings is 1. The maximum atomic E-state index is 13.0. The van der Waals surface area contributed by atoms with Gasteiger partial charge in [0, 0.05) is 21.3 Å². The van der Waals surface area contributed by atoms with Gasteiger partial charge in [0.05, 0.1) is 33.1 Å². The lowest BCUT2D eigenvalue weighted by Gasteiger charge is -2.49. The molecule has 2 atom stereocenters. The van der Waals surface area contributed by atoms with Gasteiger partial charge in [-0.15, -0.1) is 47.0 Å². The zero-order chi connectivity index (χ0) is 30.7. The smallest absolute Gasteiger partial charge is 0.352 e. The van der Waals surface area contributed by atoms with Crippen LogP contribution in [0.2, 0.25) is 10.0 Å². The number of allylic oxidation sites excluding steroid dienone is 1. The number of aromatic nitrogens is 4. The molecule has 5 rings (SSSR count). The Balaban J connectivity index is 1.17. The van der Waals surface area contributed by atoms with Crippen molar-refractivity contribution >= 4 is 105 Å². The van der Waals surface area contributed by atoms with Crippen molar-refractivity contribution in [1.82, 2.24) is 30.4 Å². The summed E-state index contributed by atoms with van der Waals surface area (Å²) in [5.41, 5.74) is 1.02. The molecule has 4 heterocycles. The molecule has 43 heavy (non-hydrogen) atoms. The van der Waals surface area contributed by atoms with E-state index >= 15 is 0 Å². The number of carbonyl (C=O) groups is 4. The summed E-state index contributed by atoms with van der Waals surface area (Å²) in [4.78, 5) is 59.3. The molecule has 1 fully saturated rings. The lowest BCUT2D eigenvalue weighted by atomic mass is 10.0. The van der Waals surface area contributed by atoms with Crippen LogP contribution in [0.25, 0.3) is 11.0 Å². The number of β-lactam (4-membered cyclic amide) rings is 1. The summed E-state index contributed by atoms with van der Waals surface area (Å²) < 4.78 is 0. The molecule has 0 saturated carbocycles. The number of halogens is 2. The average molecular weight is 700 g/mol. The van der Waals surface area contributed by atoms with E-state index in [0.29, 0.717) is 42.6 Å². The second kappa shape index (κ2) is 13.8. The van der Waals surface area contributed by atoms with Gasteiger partial charge < -0.3 is 15.5 Å². The van der Waals surface area contributed by atoms with Crippen LogP contribution in [0.15, 0.2) is 62.9 Å². The lowest BCUT2D eigenvalue weighted by Crippen LogP contribution is -2.70. The topological polar surface area (TPSA) is 178 Å². The number of rotatable bonds is 12. The Hall–Kier alpha value is -2.89. The minimum Gasteiger partial charge on any atom is -0.481 e. The van der Waals surface area contributed by atoms with E-state index in [4.69, 9.17) is 28.3 Å². The van der Waals surface area contributed by atoms with Gasteiger partial charge in [-0.2, -0.15) is 5.10 Å². The number of aromatic amines is 1. The first-order valence-corrected chi connectivity index (χ1v) is 17.0. The summed E-state index contributed by atoms with van der Waals surface area (Å²) in [5.74, 6) is -2.54. The van der Waals surface area contributed by atoms with E-state index < -0.39 is 35.2 Å². The summed E-state index contributed by atoms with van der Waals surface area (Å²) in [6.45, 7) is 0. The zero-order valence-electron chi connectivity index (χ0n) is 21.7. The van der Waals surface area contributed by atoms with Crippen molar-refractivity contribution < 1.29 is 29.4 Å². The molecule has 1 saturated heterocycles. The molecule has 1 aromatic carbocycles. The summed E-state index contributed by atoms with van der Waals surface area (Å²) in [6.07, 6.45) is 6.59. The maximum Gasteiger partial charge on any atom is 0.352 e.